The van der Waals surface area contributed by atoms with E-state index in [-0.39, 0.29) is 17.7 Å². The van der Waals surface area contributed by atoms with Crippen LogP contribution in [0.1, 0.15) is 25.5 Å². The minimum absolute atomic E-state index is 0.0482. The number of H-pyrrole nitrogens is 1. The molecule has 1 atom stereocenters. The summed E-state index contributed by atoms with van der Waals surface area (Å²) < 4.78 is 5.49. The van der Waals surface area contributed by atoms with Gasteiger partial charge in [0, 0.05) is 11.1 Å². The van der Waals surface area contributed by atoms with Gasteiger partial charge in [-0.25, -0.2) is 4.98 Å². The molecule has 0 bridgehead atoms. The smallest absolute Gasteiger partial charge is 0.230 e. The minimum Gasteiger partial charge on any atom is -0.494 e. The summed E-state index contributed by atoms with van der Waals surface area (Å²) in [5, 5.41) is 4.37. The van der Waals surface area contributed by atoms with Gasteiger partial charge >= 0.3 is 0 Å². The number of hydrogen-bond acceptors (Lipinski definition) is 4. The van der Waals surface area contributed by atoms with E-state index < -0.39 is 0 Å². The van der Waals surface area contributed by atoms with E-state index in [0.29, 0.717) is 16.8 Å². The molecule has 1 aromatic heterocycles. The van der Waals surface area contributed by atoms with Gasteiger partial charge in [0.05, 0.1) is 29.4 Å². The van der Waals surface area contributed by atoms with Crippen LogP contribution in [0.4, 0.5) is 0 Å². The van der Waals surface area contributed by atoms with Gasteiger partial charge in [-0.15, -0.1) is 0 Å². The van der Waals surface area contributed by atoms with Gasteiger partial charge in [-0.2, -0.15) is 0 Å². The highest BCUT2D eigenvalue weighted by Gasteiger charge is 2.12. The number of nitrogens with zero attached hydrogens (tertiary/aromatic N) is 1. The molecule has 7 heteroatoms. The van der Waals surface area contributed by atoms with Crippen molar-refractivity contribution in [3.8, 4) is 5.75 Å². The Morgan fingerprint density at radius 2 is 2.08 bits per heavy atom. The van der Waals surface area contributed by atoms with Crippen molar-refractivity contribution in [1.29, 1.82) is 0 Å². The summed E-state index contributed by atoms with van der Waals surface area (Å²) in [7, 11) is 0. The standard InChI is InChI=1S/C19H20ClN3O2S/c1-3-25-15-8-9-16-17(10-15)23-19(22-16)26-11-18(24)21-12(2)13-4-6-14(20)7-5-13/h4-10,12H,3,11H2,1-2H3,(H,21,24)(H,22,23). The number of ether oxygens (including phenoxy) is 1. The zero-order valence-electron chi connectivity index (χ0n) is 14.6. The Bertz CT molecular complexity index is 895. The molecule has 2 N–H and O–H groups in total. The highest BCUT2D eigenvalue weighted by atomic mass is 35.5. The minimum atomic E-state index is -0.0789. The molecule has 5 nitrogen and oxygen atoms in total. The summed E-state index contributed by atoms with van der Waals surface area (Å²) in [6.07, 6.45) is 0. The van der Waals surface area contributed by atoms with Gasteiger partial charge < -0.3 is 15.0 Å². The Morgan fingerprint density at radius 3 is 2.81 bits per heavy atom. The number of thioether (sulfide) groups is 1. The normalized spacial score (nSPS) is 12.1. The van der Waals surface area contributed by atoms with E-state index in [0.717, 1.165) is 22.3 Å². The van der Waals surface area contributed by atoms with E-state index in [9.17, 15) is 4.79 Å². The average molecular weight is 390 g/mol. The highest BCUT2D eigenvalue weighted by Crippen LogP contribution is 2.23. The summed E-state index contributed by atoms with van der Waals surface area (Å²) in [5.74, 6) is 1.04. The molecule has 2 aromatic carbocycles. The van der Waals surface area contributed by atoms with Gasteiger partial charge in [0.25, 0.3) is 0 Å². The highest BCUT2D eigenvalue weighted by molar-refractivity contribution is 7.99. The molecule has 1 heterocycles. The molecule has 1 unspecified atom stereocenters. The summed E-state index contributed by atoms with van der Waals surface area (Å²) in [5.41, 5.74) is 2.76. The predicted octanol–water partition coefficient (Wildman–Crippen LogP) is 4.58. The first-order valence-corrected chi connectivity index (χ1v) is 9.71. The van der Waals surface area contributed by atoms with Gasteiger partial charge in [0.2, 0.25) is 5.91 Å². The van der Waals surface area contributed by atoms with E-state index in [2.05, 4.69) is 15.3 Å². The number of halogens is 1. The molecule has 26 heavy (non-hydrogen) atoms. The molecular weight excluding hydrogens is 370 g/mol. The van der Waals surface area contributed by atoms with Crippen molar-refractivity contribution in [1.82, 2.24) is 15.3 Å². The van der Waals surface area contributed by atoms with Crippen LogP contribution in [0.15, 0.2) is 47.6 Å². The lowest BCUT2D eigenvalue weighted by atomic mass is 10.1. The molecule has 0 saturated heterocycles. The van der Waals surface area contributed by atoms with Crippen LogP contribution in [0.5, 0.6) is 5.75 Å². The maximum Gasteiger partial charge on any atom is 0.230 e. The first-order chi connectivity index (χ1) is 12.5. The third-order valence-electron chi connectivity index (χ3n) is 3.83. The van der Waals surface area contributed by atoms with Crippen LogP contribution in [0.25, 0.3) is 11.0 Å². The number of carbonyl (C=O) groups is 1. The second-order valence-corrected chi connectivity index (χ2v) is 7.18. The van der Waals surface area contributed by atoms with Gasteiger partial charge in [-0.1, -0.05) is 35.5 Å². The lowest BCUT2D eigenvalue weighted by Gasteiger charge is -2.14. The van der Waals surface area contributed by atoms with Gasteiger partial charge in [-0.05, 0) is 43.7 Å². The zero-order valence-corrected chi connectivity index (χ0v) is 16.2. The summed E-state index contributed by atoms with van der Waals surface area (Å²) in [4.78, 5) is 19.9. The largest absolute Gasteiger partial charge is 0.494 e. The van der Waals surface area contributed by atoms with Crippen LogP contribution in [0, 0.1) is 0 Å². The molecule has 0 aliphatic carbocycles. The quantitative estimate of drug-likeness (QED) is 0.580. The molecule has 0 radical (unpaired) electrons. The van der Waals surface area contributed by atoms with Crippen LogP contribution in [0.3, 0.4) is 0 Å². The maximum absolute atomic E-state index is 12.2. The lowest BCUT2D eigenvalue weighted by Crippen LogP contribution is -2.28. The Hall–Kier alpha value is -2.18. The van der Waals surface area contributed by atoms with Gasteiger partial charge in [0.15, 0.2) is 5.16 Å². The predicted molar refractivity (Wildman–Crippen MR) is 106 cm³/mol. The number of aromatic amines is 1. The Kier molecular flexibility index (Phi) is 6.06. The fourth-order valence-corrected chi connectivity index (χ4v) is 3.36. The van der Waals surface area contributed by atoms with Crippen molar-refractivity contribution in [2.45, 2.75) is 25.0 Å². The Labute approximate surface area is 161 Å². The number of aromatic nitrogens is 2. The van der Waals surface area contributed by atoms with Crippen LogP contribution in [0.2, 0.25) is 5.02 Å². The molecule has 0 fully saturated rings. The molecular formula is C19H20ClN3O2S. The van der Waals surface area contributed by atoms with Crippen molar-refractivity contribution in [2.75, 3.05) is 12.4 Å². The fraction of sp³-hybridized carbons (Fsp3) is 0.263. The number of imidazole rings is 1. The second-order valence-electron chi connectivity index (χ2n) is 5.78. The Morgan fingerprint density at radius 1 is 1.31 bits per heavy atom. The summed E-state index contributed by atoms with van der Waals surface area (Å²) in [6.45, 7) is 4.51. The van der Waals surface area contributed by atoms with E-state index in [1.54, 1.807) is 0 Å². The lowest BCUT2D eigenvalue weighted by molar-refractivity contribution is -0.119. The van der Waals surface area contributed by atoms with Crippen LogP contribution < -0.4 is 10.1 Å². The first kappa shape index (κ1) is 18.6. The third kappa shape index (κ3) is 4.71. The molecule has 0 saturated carbocycles. The summed E-state index contributed by atoms with van der Waals surface area (Å²) >= 11 is 7.26. The number of rotatable bonds is 7. The van der Waals surface area contributed by atoms with Crippen molar-refractivity contribution >= 4 is 40.3 Å². The summed E-state index contributed by atoms with van der Waals surface area (Å²) in [6, 6.07) is 13.1. The first-order valence-electron chi connectivity index (χ1n) is 8.35. The van der Waals surface area contributed by atoms with Crippen molar-refractivity contribution < 1.29 is 9.53 Å². The van der Waals surface area contributed by atoms with Crippen molar-refractivity contribution in [3.63, 3.8) is 0 Å². The van der Waals surface area contributed by atoms with Gasteiger partial charge in [-0.3, -0.25) is 4.79 Å². The molecule has 0 aliphatic rings. The molecule has 3 rings (SSSR count). The van der Waals surface area contributed by atoms with Crippen LogP contribution in [-0.2, 0) is 4.79 Å². The maximum atomic E-state index is 12.2. The van der Waals surface area contributed by atoms with E-state index in [4.69, 9.17) is 16.3 Å². The molecule has 3 aromatic rings. The second kappa shape index (κ2) is 8.47. The third-order valence-corrected chi connectivity index (χ3v) is 4.96. The van der Waals surface area contributed by atoms with E-state index in [1.165, 1.54) is 11.8 Å². The van der Waals surface area contributed by atoms with E-state index >= 15 is 0 Å². The SMILES string of the molecule is CCOc1ccc2nc(SCC(=O)NC(C)c3ccc(Cl)cc3)[nH]c2c1. The number of hydrogen-bond donors (Lipinski definition) is 2. The number of benzene rings is 2. The van der Waals surface area contributed by atoms with E-state index in [1.807, 2.05) is 56.3 Å². The molecule has 0 spiro atoms. The monoisotopic (exact) mass is 389 g/mol. The average Bonchev–Trinajstić information content (AvgIpc) is 3.03. The number of nitrogens with one attached hydrogen (secondary N) is 2. The zero-order chi connectivity index (χ0) is 18.5. The number of carbonyl (C=O) groups excluding carboxylic acids is 1. The van der Waals surface area contributed by atoms with Crippen molar-refractivity contribution in [2.24, 2.45) is 0 Å². The van der Waals surface area contributed by atoms with Crippen molar-refractivity contribution in [3.05, 3.63) is 53.1 Å². The molecule has 0 aliphatic heterocycles. The number of fused-ring (bicyclic) bond motifs is 1. The molecule has 136 valence electrons. The fourth-order valence-electron chi connectivity index (χ4n) is 2.54. The Balaban J connectivity index is 1.57. The van der Waals surface area contributed by atoms with Crippen LogP contribution in [-0.4, -0.2) is 28.2 Å². The topological polar surface area (TPSA) is 67.0 Å². The number of amides is 1. The van der Waals surface area contributed by atoms with Gasteiger partial charge in [0.1, 0.15) is 5.75 Å². The molecule has 1 amide bonds. The van der Waals surface area contributed by atoms with Crippen LogP contribution >= 0.6 is 23.4 Å².